The smallest absolute Gasteiger partial charge is 0.163 e. The number of Topliss-reactive ketones (excluding diaryl/α,β-unsaturated/α-hetero) is 1. The molecule has 0 heterocycles. The monoisotopic (exact) mass is 192 g/mol. The number of benzene rings is 1. The molecule has 2 heteroatoms. The fourth-order valence-corrected chi connectivity index (χ4v) is 1.52. The van der Waals surface area contributed by atoms with E-state index in [-0.39, 0.29) is 17.5 Å². The van der Waals surface area contributed by atoms with Crippen LogP contribution in [-0.4, -0.2) is 10.9 Å². The number of carbonyl (C=O) groups excluding carboxylic acids is 1. The fourth-order valence-electron chi connectivity index (χ4n) is 1.52. The third-order valence-corrected chi connectivity index (χ3v) is 2.29. The summed E-state index contributed by atoms with van der Waals surface area (Å²) in [5.41, 5.74) is 2.28. The fraction of sp³-hybridized carbons (Fsp3) is 0.417. The Morgan fingerprint density at radius 3 is 2.36 bits per heavy atom. The minimum Gasteiger partial charge on any atom is -0.507 e. The lowest BCUT2D eigenvalue weighted by molar-refractivity contribution is 0.101. The lowest BCUT2D eigenvalue weighted by Crippen LogP contribution is -1.98. The zero-order valence-electron chi connectivity index (χ0n) is 9.09. The van der Waals surface area contributed by atoms with Gasteiger partial charge in [0.15, 0.2) is 5.78 Å². The van der Waals surface area contributed by atoms with E-state index in [0.29, 0.717) is 5.56 Å². The normalized spacial score (nSPS) is 10.6. The zero-order valence-corrected chi connectivity index (χ0v) is 9.09. The van der Waals surface area contributed by atoms with Crippen LogP contribution in [-0.2, 0) is 0 Å². The Labute approximate surface area is 84.6 Å². The topological polar surface area (TPSA) is 37.3 Å². The highest BCUT2D eigenvalue weighted by Gasteiger charge is 2.13. The van der Waals surface area contributed by atoms with Crippen LogP contribution in [0.3, 0.4) is 0 Å². The minimum atomic E-state index is -0.0897. The first-order chi connectivity index (χ1) is 6.43. The van der Waals surface area contributed by atoms with Crippen LogP contribution in [0.1, 0.15) is 48.2 Å². The quantitative estimate of drug-likeness (QED) is 0.731. The molecule has 0 unspecified atom stereocenters. The standard InChI is InChI=1S/C12H16O2/c1-7(2)10-5-8(3)6-11(9(4)13)12(10)14/h5-7,14H,1-4H3. The van der Waals surface area contributed by atoms with E-state index in [4.69, 9.17) is 0 Å². The van der Waals surface area contributed by atoms with Crippen LogP contribution in [0, 0.1) is 6.92 Å². The van der Waals surface area contributed by atoms with Gasteiger partial charge in [-0.05, 0) is 37.0 Å². The van der Waals surface area contributed by atoms with Crippen molar-refractivity contribution in [1.82, 2.24) is 0 Å². The van der Waals surface area contributed by atoms with Crippen molar-refractivity contribution in [2.45, 2.75) is 33.6 Å². The lowest BCUT2D eigenvalue weighted by atomic mass is 9.95. The largest absolute Gasteiger partial charge is 0.507 e. The number of aryl methyl sites for hydroxylation is 1. The number of rotatable bonds is 2. The zero-order chi connectivity index (χ0) is 10.9. The van der Waals surface area contributed by atoms with Crippen LogP contribution in [0.15, 0.2) is 12.1 Å². The molecule has 1 aromatic carbocycles. The van der Waals surface area contributed by atoms with Crippen molar-refractivity contribution in [2.24, 2.45) is 0 Å². The van der Waals surface area contributed by atoms with Crippen molar-refractivity contribution >= 4 is 5.78 Å². The van der Waals surface area contributed by atoms with Crippen molar-refractivity contribution in [2.75, 3.05) is 0 Å². The molecule has 0 spiro atoms. The van der Waals surface area contributed by atoms with Gasteiger partial charge in [0, 0.05) is 0 Å². The van der Waals surface area contributed by atoms with Gasteiger partial charge in [0.2, 0.25) is 0 Å². The van der Waals surface area contributed by atoms with Crippen LogP contribution < -0.4 is 0 Å². The maximum Gasteiger partial charge on any atom is 0.163 e. The van der Waals surface area contributed by atoms with E-state index in [1.807, 2.05) is 26.8 Å². The second-order valence-electron chi connectivity index (χ2n) is 3.96. The molecule has 0 bridgehead atoms. The summed E-state index contributed by atoms with van der Waals surface area (Å²) in [4.78, 5) is 11.2. The molecule has 1 rings (SSSR count). The molecule has 0 aliphatic rings. The van der Waals surface area contributed by atoms with E-state index in [2.05, 4.69) is 0 Å². The molecule has 0 fully saturated rings. The van der Waals surface area contributed by atoms with Crippen molar-refractivity contribution in [1.29, 1.82) is 0 Å². The van der Waals surface area contributed by atoms with Crippen LogP contribution in [0.5, 0.6) is 5.75 Å². The molecule has 0 atom stereocenters. The summed E-state index contributed by atoms with van der Waals surface area (Å²) in [5, 5.41) is 9.83. The summed E-state index contributed by atoms with van der Waals surface area (Å²) in [6.07, 6.45) is 0. The molecule has 0 amide bonds. The van der Waals surface area contributed by atoms with Crippen LogP contribution in [0.2, 0.25) is 0 Å². The lowest BCUT2D eigenvalue weighted by Gasteiger charge is -2.12. The van der Waals surface area contributed by atoms with Gasteiger partial charge in [-0.25, -0.2) is 0 Å². The first kappa shape index (κ1) is 10.8. The van der Waals surface area contributed by atoms with Gasteiger partial charge in [0.1, 0.15) is 5.75 Å². The van der Waals surface area contributed by atoms with Gasteiger partial charge in [-0.15, -0.1) is 0 Å². The summed E-state index contributed by atoms with van der Waals surface area (Å²) < 4.78 is 0. The Balaban J connectivity index is 3.40. The number of hydrogen-bond acceptors (Lipinski definition) is 2. The van der Waals surface area contributed by atoms with E-state index in [9.17, 15) is 9.90 Å². The van der Waals surface area contributed by atoms with Gasteiger partial charge in [0.25, 0.3) is 0 Å². The van der Waals surface area contributed by atoms with E-state index in [1.54, 1.807) is 6.07 Å². The van der Waals surface area contributed by atoms with Crippen molar-refractivity contribution < 1.29 is 9.90 Å². The molecule has 0 radical (unpaired) electrons. The summed E-state index contributed by atoms with van der Waals surface area (Å²) in [6.45, 7) is 7.40. The maximum atomic E-state index is 11.2. The molecule has 1 aromatic rings. The summed E-state index contributed by atoms with van der Waals surface area (Å²) >= 11 is 0. The first-order valence-corrected chi connectivity index (χ1v) is 4.78. The SMILES string of the molecule is CC(=O)c1cc(C)cc(C(C)C)c1O. The minimum absolute atomic E-state index is 0.0897. The Morgan fingerprint density at radius 1 is 1.36 bits per heavy atom. The molecule has 0 saturated carbocycles. The van der Waals surface area contributed by atoms with Gasteiger partial charge in [-0.3, -0.25) is 4.79 Å². The first-order valence-electron chi connectivity index (χ1n) is 4.78. The Kier molecular flexibility index (Phi) is 2.94. The molecule has 0 aliphatic carbocycles. The van der Waals surface area contributed by atoms with Gasteiger partial charge in [0.05, 0.1) is 5.56 Å². The second kappa shape index (κ2) is 3.82. The highest BCUT2D eigenvalue weighted by molar-refractivity contribution is 5.97. The average Bonchev–Trinajstić information content (AvgIpc) is 2.07. The Morgan fingerprint density at radius 2 is 1.93 bits per heavy atom. The van der Waals surface area contributed by atoms with E-state index >= 15 is 0 Å². The Hall–Kier alpha value is -1.31. The summed E-state index contributed by atoms with van der Waals surface area (Å²) in [5.74, 6) is 0.277. The third-order valence-electron chi connectivity index (χ3n) is 2.29. The molecular weight excluding hydrogens is 176 g/mol. The van der Waals surface area contributed by atoms with Gasteiger partial charge >= 0.3 is 0 Å². The predicted octanol–water partition coefficient (Wildman–Crippen LogP) is 3.03. The molecule has 14 heavy (non-hydrogen) atoms. The second-order valence-corrected chi connectivity index (χ2v) is 3.96. The number of ketones is 1. The molecular formula is C12H16O2. The summed E-state index contributed by atoms with van der Waals surface area (Å²) in [6, 6.07) is 3.65. The number of phenolic OH excluding ortho intramolecular Hbond substituents is 1. The molecule has 76 valence electrons. The van der Waals surface area contributed by atoms with E-state index < -0.39 is 0 Å². The van der Waals surface area contributed by atoms with Crippen molar-refractivity contribution in [3.05, 3.63) is 28.8 Å². The van der Waals surface area contributed by atoms with Gasteiger partial charge < -0.3 is 5.11 Å². The van der Waals surface area contributed by atoms with Crippen molar-refractivity contribution in [3.8, 4) is 5.75 Å². The van der Waals surface area contributed by atoms with Crippen LogP contribution in [0.25, 0.3) is 0 Å². The molecule has 0 aliphatic heterocycles. The third kappa shape index (κ3) is 1.95. The predicted molar refractivity (Wildman–Crippen MR) is 56.9 cm³/mol. The van der Waals surface area contributed by atoms with E-state index in [0.717, 1.165) is 11.1 Å². The van der Waals surface area contributed by atoms with Gasteiger partial charge in [-0.1, -0.05) is 19.9 Å². The number of aromatic hydroxyl groups is 1. The van der Waals surface area contributed by atoms with Gasteiger partial charge in [-0.2, -0.15) is 0 Å². The Bertz CT molecular complexity index is 365. The number of phenols is 1. The molecule has 2 nitrogen and oxygen atoms in total. The molecule has 1 N–H and O–H groups in total. The number of carbonyl (C=O) groups is 1. The molecule has 0 saturated heterocycles. The summed E-state index contributed by atoms with van der Waals surface area (Å²) in [7, 11) is 0. The van der Waals surface area contributed by atoms with Crippen molar-refractivity contribution in [3.63, 3.8) is 0 Å². The molecule has 0 aromatic heterocycles. The van der Waals surface area contributed by atoms with Crippen LogP contribution >= 0.6 is 0 Å². The highest BCUT2D eigenvalue weighted by atomic mass is 16.3. The highest BCUT2D eigenvalue weighted by Crippen LogP contribution is 2.30. The van der Waals surface area contributed by atoms with E-state index in [1.165, 1.54) is 6.92 Å². The maximum absolute atomic E-state index is 11.2. The number of hydrogen-bond donors (Lipinski definition) is 1. The average molecular weight is 192 g/mol. The van der Waals surface area contributed by atoms with Crippen LogP contribution in [0.4, 0.5) is 0 Å².